The second-order valence-corrected chi connectivity index (χ2v) is 6.96. The molecule has 1 aromatic carbocycles. The van der Waals surface area contributed by atoms with E-state index in [2.05, 4.69) is 20.4 Å². The number of nitrogens with one attached hydrogen (secondary N) is 1. The zero-order chi connectivity index (χ0) is 17.6. The molecular weight excluding hydrogens is 340 g/mol. The first-order valence-electron chi connectivity index (χ1n) is 8.62. The van der Waals surface area contributed by atoms with Crippen molar-refractivity contribution in [2.75, 3.05) is 19.6 Å². The second kappa shape index (κ2) is 8.45. The number of carbonyl (C=O) groups excluding carboxylic acids is 1. The van der Waals surface area contributed by atoms with E-state index >= 15 is 0 Å². The summed E-state index contributed by atoms with van der Waals surface area (Å²) in [5.41, 5.74) is 0.991. The van der Waals surface area contributed by atoms with E-state index in [9.17, 15) is 4.79 Å². The van der Waals surface area contributed by atoms with Crippen molar-refractivity contribution in [2.24, 2.45) is 5.92 Å². The van der Waals surface area contributed by atoms with Crippen molar-refractivity contribution >= 4 is 17.5 Å². The monoisotopic (exact) mass is 362 g/mol. The highest BCUT2D eigenvalue weighted by Crippen LogP contribution is 2.20. The first kappa shape index (κ1) is 17.9. The van der Waals surface area contributed by atoms with Crippen molar-refractivity contribution in [2.45, 2.75) is 32.7 Å². The van der Waals surface area contributed by atoms with Crippen molar-refractivity contribution in [3.63, 3.8) is 0 Å². The Kier molecular flexibility index (Phi) is 6.04. The molecule has 2 heterocycles. The average molecular weight is 363 g/mol. The number of rotatable bonds is 6. The third kappa shape index (κ3) is 5.28. The topological polar surface area (TPSA) is 71.3 Å². The Morgan fingerprint density at radius 1 is 1.44 bits per heavy atom. The summed E-state index contributed by atoms with van der Waals surface area (Å²) >= 11 is 6.18. The summed E-state index contributed by atoms with van der Waals surface area (Å²) in [5, 5.41) is 7.69. The van der Waals surface area contributed by atoms with Crippen LogP contribution in [0.15, 0.2) is 28.8 Å². The Bertz CT molecular complexity index is 719. The Hall–Kier alpha value is -1.92. The van der Waals surface area contributed by atoms with Crippen LogP contribution in [-0.2, 0) is 17.8 Å². The van der Waals surface area contributed by atoms with E-state index in [0.29, 0.717) is 35.6 Å². The number of hydrogen-bond acceptors (Lipinski definition) is 5. The van der Waals surface area contributed by atoms with Crippen molar-refractivity contribution in [1.82, 2.24) is 20.4 Å². The van der Waals surface area contributed by atoms with E-state index in [-0.39, 0.29) is 5.91 Å². The van der Waals surface area contributed by atoms with Crippen LogP contribution in [0.1, 0.15) is 37.0 Å². The second-order valence-electron chi connectivity index (χ2n) is 6.55. The minimum absolute atomic E-state index is 0.0261. The molecule has 0 bridgehead atoms. The molecule has 1 amide bonds. The van der Waals surface area contributed by atoms with E-state index in [1.165, 1.54) is 0 Å². The Balaban J connectivity index is 1.54. The third-order valence-electron chi connectivity index (χ3n) is 4.42. The molecule has 1 atom stereocenters. The summed E-state index contributed by atoms with van der Waals surface area (Å²) in [6.07, 6.45) is 2.82. The number of carbonyl (C=O) groups is 1. The first-order valence-corrected chi connectivity index (χ1v) is 8.99. The summed E-state index contributed by atoms with van der Waals surface area (Å²) in [4.78, 5) is 17.9. The Labute approximate surface area is 152 Å². The zero-order valence-corrected chi connectivity index (χ0v) is 15.1. The highest BCUT2D eigenvalue weighted by atomic mass is 35.5. The van der Waals surface area contributed by atoms with E-state index in [1.54, 1.807) is 6.92 Å². The molecule has 1 saturated heterocycles. The standard InChI is InChI=1S/C18H23ClN4O2/c1-13(24)20-10-14-5-4-8-23(11-14)12-18-21-17(22-25-18)9-15-6-2-3-7-16(15)19/h2-3,6-7,14H,4-5,8-12H2,1H3,(H,20,24). The molecule has 0 aliphatic carbocycles. The SMILES string of the molecule is CC(=O)NCC1CCCN(Cc2nc(Cc3ccccc3Cl)no2)C1. The van der Waals surface area contributed by atoms with Crippen LogP contribution in [-0.4, -0.2) is 40.6 Å². The number of piperidine rings is 1. The van der Waals surface area contributed by atoms with E-state index in [1.807, 2.05) is 24.3 Å². The van der Waals surface area contributed by atoms with E-state index in [4.69, 9.17) is 16.1 Å². The molecule has 3 rings (SSSR count). The number of halogens is 1. The quantitative estimate of drug-likeness (QED) is 0.855. The lowest BCUT2D eigenvalue weighted by Gasteiger charge is -2.31. The van der Waals surface area contributed by atoms with Gasteiger partial charge in [0, 0.05) is 31.5 Å². The molecule has 1 unspecified atom stereocenters. The van der Waals surface area contributed by atoms with Crippen LogP contribution >= 0.6 is 11.6 Å². The lowest BCUT2D eigenvalue weighted by atomic mass is 9.98. The summed E-state index contributed by atoms with van der Waals surface area (Å²) < 4.78 is 5.40. The molecule has 1 aliphatic rings. The molecule has 0 radical (unpaired) electrons. The molecule has 25 heavy (non-hydrogen) atoms. The van der Waals surface area contributed by atoms with Crippen LogP contribution in [0.3, 0.4) is 0 Å². The van der Waals surface area contributed by atoms with E-state index < -0.39 is 0 Å². The van der Waals surface area contributed by atoms with Crippen molar-refractivity contribution in [1.29, 1.82) is 0 Å². The van der Waals surface area contributed by atoms with Crippen LogP contribution < -0.4 is 5.32 Å². The van der Waals surface area contributed by atoms with Gasteiger partial charge in [0.05, 0.1) is 6.54 Å². The van der Waals surface area contributed by atoms with Gasteiger partial charge in [-0.1, -0.05) is 35.0 Å². The first-order chi connectivity index (χ1) is 12.1. The number of aromatic nitrogens is 2. The van der Waals surface area contributed by atoms with Gasteiger partial charge in [0.15, 0.2) is 5.82 Å². The fraction of sp³-hybridized carbons (Fsp3) is 0.500. The van der Waals surface area contributed by atoms with Crippen LogP contribution in [0.4, 0.5) is 0 Å². The van der Waals surface area contributed by atoms with Gasteiger partial charge in [0.1, 0.15) is 0 Å². The van der Waals surface area contributed by atoms with Gasteiger partial charge in [0.25, 0.3) is 0 Å². The van der Waals surface area contributed by atoms with Crippen molar-refractivity contribution in [3.05, 3.63) is 46.6 Å². The minimum atomic E-state index is 0.0261. The normalized spacial score (nSPS) is 18.2. The van der Waals surface area contributed by atoms with Crippen molar-refractivity contribution in [3.8, 4) is 0 Å². The fourth-order valence-corrected chi connectivity index (χ4v) is 3.38. The molecule has 2 aromatic rings. The summed E-state index contributed by atoms with van der Waals surface area (Å²) in [5.74, 6) is 1.78. The molecule has 6 nitrogen and oxygen atoms in total. The number of amides is 1. The van der Waals surface area contributed by atoms with Crippen LogP contribution in [0.5, 0.6) is 0 Å². The molecule has 134 valence electrons. The van der Waals surface area contributed by atoms with Crippen LogP contribution in [0, 0.1) is 5.92 Å². The molecule has 1 fully saturated rings. The number of benzene rings is 1. The van der Waals surface area contributed by atoms with Gasteiger partial charge in [-0.3, -0.25) is 9.69 Å². The maximum absolute atomic E-state index is 11.1. The highest BCUT2D eigenvalue weighted by Gasteiger charge is 2.22. The summed E-state index contributed by atoms with van der Waals surface area (Å²) in [6.45, 7) is 4.88. The number of hydrogen-bond donors (Lipinski definition) is 1. The van der Waals surface area contributed by atoms with Crippen LogP contribution in [0.25, 0.3) is 0 Å². The predicted molar refractivity (Wildman–Crippen MR) is 95.2 cm³/mol. The fourth-order valence-electron chi connectivity index (χ4n) is 3.18. The van der Waals surface area contributed by atoms with Gasteiger partial charge < -0.3 is 9.84 Å². The third-order valence-corrected chi connectivity index (χ3v) is 4.79. The molecule has 1 N–H and O–H groups in total. The molecule has 7 heteroatoms. The number of nitrogens with zero attached hydrogens (tertiary/aromatic N) is 3. The summed E-state index contributed by atoms with van der Waals surface area (Å²) in [7, 11) is 0. The molecule has 1 aromatic heterocycles. The number of likely N-dealkylation sites (tertiary alicyclic amines) is 1. The van der Waals surface area contributed by atoms with Gasteiger partial charge in [-0.2, -0.15) is 4.98 Å². The maximum atomic E-state index is 11.1. The lowest BCUT2D eigenvalue weighted by Crippen LogP contribution is -2.40. The largest absolute Gasteiger partial charge is 0.356 e. The highest BCUT2D eigenvalue weighted by molar-refractivity contribution is 6.31. The average Bonchev–Trinajstić information content (AvgIpc) is 3.02. The Morgan fingerprint density at radius 2 is 2.28 bits per heavy atom. The van der Waals surface area contributed by atoms with Gasteiger partial charge in [0.2, 0.25) is 11.8 Å². The predicted octanol–water partition coefficient (Wildman–Crippen LogP) is 2.66. The molecular formula is C18H23ClN4O2. The minimum Gasteiger partial charge on any atom is -0.356 e. The smallest absolute Gasteiger partial charge is 0.240 e. The molecule has 1 aliphatic heterocycles. The molecule has 0 spiro atoms. The lowest BCUT2D eigenvalue weighted by molar-refractivity contribution is -0.119. The van der Waals surface area contributed by atoms with Crippen molar-refractivity contribution < 1.29 is 9.32 Å². The van der Waals surface area contributed by atoms with Gasteiger partial charge in [-0.05, 0) is 36.9 Å². The van der Waals surface area contributed by atoms with Crippen LogP contribution in [0.2, 0.25) is 5.02 Å². The summed E-state index contributed by atoms with van der Waals surface area (Å²) in [6, 6.07) is 7.68. The maximum Gasteiger partial charge on any atom is 0.240 e. The van der Waals surface area contributed by atoms with Gasteiger partial charge in [-0.15, -0.1) is 0 Å². The Morgan fingerprint density at radius 3 is 3.08 bits per heavy atom. The van der Waals surface area contributed by atoms with Gasteiger partial charge in [-0.25, -0.2) is 0 Å². The molecule has 0 saturated carbocycles. The zero-order valence-electron chi connectivity index (χ0n) is 14.4. The van der Waals surface area contributed by atoms with E-state index in [0.717, 1.165) is 38.0 Å². The van der Waals surface area contributed by atoms with Gasteiger partial charge >= 0.3 is 0 Å².